The van der Waals surface area contributed by atoms with Crippen LogP contribution < -0.4 is 10.2 Å². The van der Waals surface area contributed by atoms with E-state index in [0.717, 1.165) is 16.3 Å². The highest BCUT2D eigenvalue weighted by Crippen LogP contribution is 2.31. The fourth-order valence-electron chi connectivity index (χ4n) is 3.44. The maximum absolute atomic E-state index is 13.5. The molecule has 0 saturated heterocycles. The Morgan fingerprint density at radius 1 is 0.794 bits per heavy atom. The van der Waals surface area contributed by atoms with Crippen LogP contribution in [0, 0.1) is 0 Å². The lowest BCUT2D eigenvalue weighted by Gasteiger charge is -2.26. The molecule has 0 aliphatic carbocycles. The monoisotopic (exact) mass is 486 g/mol. The number of rotatable bonds is 7. The molecule has 2 amide bonds. The number of halogens is 1. The van der Waals surface area contributed by atoms with Gasteiger partial charge in [0.25, 0.3) is 5.91 Å². The van der Waals surface area contributed by atoms with Crippen molar-refractivity contribution in [1.82, 2.24) is 0 Å². The van der Waals surface area contributed by atoms with Crippen LogP contribution in [0.5, 0.6) is 0 Å². The number of hydrogen-bond donors (Lipinski definition) is 1. The zero-order chi connectivity index (χ0) is 23.9. The lowest BCUT2D eigenvalue weighted by molar-refractivity contribution is -0.117. The molecule has 4 nitrogen and oxygen atoms in total. The predicted molar refractivity (Wildman–Crippen MR) is 141 cm³/mol. The summed E-state index contributed by atoms with van der Waals surface area (Å²) in [5.41, 5.74) is 2.81. The van der Waals surface area contributed by atoms with Crippen molar-refractivity contribution in [1.29, 1.82) is 0 Å². The molecular weight excluding hydrogens is 464 g/mol. The zero-order valence-corrected chi connectivity index (χ0v) is 20.1. The first-order valence-corrected chi connectivity index (χ1v) is 12.0. The van der Waals surface area contributed by atoms with Gasteiger partial charge in [-0.1, -0.05) is 54.1 Å². The summed E-state index contributed by atoms with van der Waals surface area (Å²) in [4.78, 5) is 28.6. The third-order valence-corrected chi connectivity index (χ3v) is 6.44. The largest absolute Gasteiger partial charge is 0.322 e. The molecule has 34 heavy (non-hydrogen) atoms. The smallest absolute Gasteiger partial charge is 0.255 e. The Kier molecular flexibility index (Phi) is 7.68. The number of nitrogens with one attached hydrogen (secondary N) is 1. The predicted octanol–water partition coefficient (Wildman–Crippen LogP) is 7.44. The quantitative estimate of drug-likeness (QED) is 0.276. The topological polar surface area (TPSA) is 49.4 Å². The summed E-state index contributed by atoms with van der Waals surface area (Å²) in [5, 5.41) is 3.05. The molecule has 0 radical (unpaired) electrons. The number of thioether (sulfide) groups is 1. The minimum absolute atomic E-state index is 0.0132. The van der Waals surface area contributed by atoms with Gasteiger partial charge in [-0.05, 0) is 73.7 Å². The fraction of sp³-hybridized carbons (Fsp3) is 0.0714. The summed E-state index contributed by atoms with van der Waals surface area (Å²) in [6.07, 6.45) is 0. The summed E-state index contributed by atoms with van der Waals surface area (Å²) in [6.45, 7) is 1.90. The molecule has 1 atom stereocenters. The summed E-state index contributed by atoms with van der Waals surface area (Å²) < 4.78 is 0. The maximum atomic E-state index is 13.5. The minimum atomic E-state index is -0.327. The molecule has 1 N–H and O–H groups in total. The van der Waals surface area contributed by atoms with E-state index in [4.69, 9.17) is 11.6 Å². The van der Waals surface area contributed by atoms with Crippen LogP contribution in [0.2, 0.25) is 5.02 Å². The summed E-state index contributed by atoms with van der Waals surface area (Å²) in [5.74, 6) is -0.242. The van der Waals surface area contributed by atoms with Gasteiger partial charge in [-0.15, -0.1) is 11.8 Å². The van der Waals surface area contributed by atoms with E-state index in [-0.39, 0.29) is 17.1 Å². The normalized spacial score (nSPS) is 11.5. The number of nitrogens with zero attached hydrogens (tertiary/aromatic N) is 1. The van der Waals surface area contributed by atoms with E-state index in [0.29, 0.717) is 16.3 Å². The molecule has 6 heteroatoms. The van der Waals surface area contributed by atoms with Crippen molar-refractivity contribution in [3.05, 3.63) is 120 Å². The Bertz CT molecular complexity index is 1230. The van der Waals surface area contributed by atoms with E-state index in [1.807, 2.05) is 91.9 Å². The van der Waals surface area contributed by atoms with Gasteiger partial charge in [-0.3, -0.25) is 14.5 Å². The maximum Gasteiger partial charge on any atom is 0.255 e. The van der Waals surface area contributed by atoms with Gasteiger partial charge in [0.15, 0.2) is 0 Å². The van der Waals surface area contributed by atoms with Crippen molar-refractivity contribution in [3.8, 4) is 0 Å². The van der Waals surface area contributed by atoms with E-state index in [1.165, 1.54) is 11.8 Å². The van der Waals surface area contributed by atoms with Crippen LogP contribution in [0.25, 0.3) is 0 Å². The Morgan fingerprint density at radius 3 is 1.94 bits per heavy atom. The fourth-order valence-corrected chi connectivity index (χ4v) is 4.54. The summed E-state index contributed by atoms with van der Waals surface area (Å²) >= 11 is 7.45. The Labute approximate surface area is 208 Å². The highest BCUT2D eigenvalue weighted by Gasteiger charge is 2.24. The summed E-state index contributed by atoms with van der Waals surface area (Å²) in [7, 11) is 0. The number of amides is 2. The van der Waals surface area contributed by atoms with Crippen LogP contribution in [0.1, 0.15) is 17.3 Å². The molecule has 1 unspecified atom stereocenters. The average Bonchev–Trinajstić information content (AvgIpc) is 2.86. The van der Waals surface area contributed by atoms with Crippen LogP contribution >= 0.6 is 23.4 Å². The second-order valence-electron chi connectivity index (χ2n) is 7.59. The highest BCUT2D eigenvalue weighted by atomic mass is 35.5. The second kappa shape index (κ2) is 11.1. The third-order valence-electron chi connectivity index (χ3n) is 5.11. The molecule has 4 rings (SSSR count). The van der Waals surface area contributed by atoms with E-state index in [9.17, 15) is 9.59 Å². The van der Waals surface area contributed by atoms with Crippen LogP contribution in [0.3, 0.4) is 0 Å². The van der Waals surface area contributed by atoms with Gasteiger partial charge in [0.2, 0.25) is 5.91 Å². The molecule has 0 spiro atoms. The van der Waals surface area contributed by atoms with Crippen LogP contribution in [-0.2, 0) is 4.79 Å². The molecule has 0 aliphatic heterocycles. The van der Waals surface area contributed by atoms with Gasteiger partial charge in [0, 0.05) is 32.5 Å². The Morgan fingerprint density at radius 2 is 1.38 bits per heavy atom. The molecule has 4 aromatic carbocycles. The summed E-state index contributed by atoms with van der Waals surface area (Å²) in [6, 6.07) is 33.5. The van der Waals surface area contributed by atoms with Gasteiger partial charge in [0.05, 0.1) is 5.25 Å². The number of carbonyl (C=O) groups excluding carboxylic acids is 2. The van der Waals surface area contributed by atoms with Crippen molar-refractivity contribution in [2.45, 2.75) is 17.1 Å². The Balaban J connectivity index is 1.45. The third kappa shape index (κ3) is 5.87. The molecule has 170 valence electrons. The first kappa shape index (κ1) is 23.6. The molecule has 0 bridgehead atoms. The van der Waals surface area contributed by atoms with Gasteiger partial charge in [-0.2, -0.15) is 0 Å². The molecule has 0 aliphatic rings. The minimum Gasteiger partial charge on any atom is -0.322 e. The van der Waals surface area contributed by atoms with Gasteiger partial charge in [0.1, 0.15) is 0 Å². The molecule has 0 aromatic heterocycles. The van der Waals surface area contributed by atoms with Crippen LogP contribution in [-0.4, -0.2) is 17.1 Å². The molecular formula is C28H23ClN2O2S. The number of para-hydroxylation sites is 2. The van der Waals surface area contributed by atoms with Crippen molar-refractivity contribution < 1.29 is 9.59 Å². The van der Waals surface area contributed by atoms with Crippen molar-refractivity contribution in [2.75, 3.05) is 10.2 Å². The van der Waals surface area contributed by atoms with Crippen molar-refractivity contribution >= 4 is 52.2 Å². The van der Waals surface area contributed by atoms with Crippen molar-refractivity contribution in [3.63, 3.8) is 0 Å². The number of hydrogen-bond acceptors (Lipinski definition) is 3. The van der Waals surface area contributed by atoms with Crippen LogP contribution in [0.15, 0.2) is 114 Å². The van der Waals surface area contributed by atoms with E-state index in [1.54, 1.807) is 29.2 Å². The molecule has 0 saturated carbocycles. The lowest BCUT2D eigenvalue weighted by Crippen LogP contribution is -2.32. The van der Waals surface area contributed by atoms with Gasteiger partial charge in [-0.25, -0.2) is 0 Å². The SMILES string of the molecule is CC(Sc1ccc(NC(=O)c2cccc(Cl)c2)cc1)C(=O)N(c1ccccc1)c1ccccc1. The van der Waals surface area contributed by atoms with E-state index >= 15 is 0 Å². The van der Waals surface area contributed by atoms with E-state index in [2.05, 4.69) is 5.32 Å². The standard InChI is InChI=1S/C28H23ClN2O2S/c1-20(28(33)31(24-11-4-2-5-12-24)25-13-6-3-7-14-25)34-26-17-15-23(16-18-26)30-27(32)21-9-8-10-22(29)19-21/h2-20H,1H3,(H,30,32). The second-order valence-corrected chi connectivity index (χ2v) is 9.44. The van der Waals surface area contributed by atoms with E-state index < -0.39 is 0 Å². The molecule has 0 fully saturated rings. The lowest BCUT2D eigenvalue weighted by atomic mass is 10.2. The molecule has 4 aromatic rings. The average molecular weight is 487 g/mol. The highest BCUT2D eigenvalue weighted by molar-refractivity contribution is 8.00. The zero-order valence-electron chi connectivity index (χ0n) is 18.5. The first-order chi connectivity index (χ1) is 16.5. The number of benzene rings is 4. The van der Waals surface area contributed by atoms with Crippen LogP contribution in [0.4, 0.5) is 17.1 Å². The Hall–Kier alpha value is -3.54. The number of anilines is 3. The molecule has 0 heterocycles. The number of carbonyl (C=O) groups is 2. The van der Waals surface area contributed by atoms with Gasteiger partial charge >= 0.3 is 0 Å². The van der Waals surface area contributed by atoms with Gasteiger partial charge < -0.3 is 5.32 Å². The first-order valence-electron chi connectivity index (χ1n) is 10.8. The van der Waals surface area contributed by atoms with Crippen molar-refractivity contribution in [2.24, 2.45) is 0 Å².